The molecule has 1 aromatic carbocycles. The van der Waals surface area contributed by atoms with E-state index in [2.05, 4.69) is 31.9 Å². The molecule has 0 radical (unpaired) electrons. The first-order valence-electron chi connectivity index (χ1n) is 5.14. The van der Waals surface area contributed by atoms with E-state index in [-0.39, 0.29) is 32.6 Å². The van der Waals surface area contributed by atoms with Crippen molar-refractivity contribution in [3.63, 3.8) is 0 Å². The monoisotopic (exact) mass is 458 g/mol. The van der Waals surface area contributed by atoms with E-state index in [0.29, 0.717) is 0 Å². The van der Waals surface area contributed by atoms with E-state index in [1.807, 2.05) is 0 Å². The third-order valence-corrected chi connectivity index (χ3v) is 4.62. The lowest BCUT2D eigenvalue weighted by molar-refractivity contribution is -0.136. The van der Waals surface area contributed by atoms with Gasteiger partial charge in [0.2, 0.25) is 0 Å². The normalized spacial score (nSPS) is 12.5. The molecule has 10 heteroatoms. The van der Waals surface area contributed by atoms with Gasteiger partial charge in [-0.05, 0) is 50.4 Å². The van der Waals surface area contributed by atoms with E-state index in [9.17, 15) is 21.6 Å². The lowest BCUT2D eigenvalue weighted by Crippen LogP contribution is -2.10. The van der Waals surface area contributed by atoms with Crippen molar-refractivity contribution in [3.8, 4) is 5.75 Å². The van der Waals surface area contributed by atoms with Crippen molar-refractivity contribution in [1.82, 2.24) is 0 Å². The quantitative estimate of drug-likeness (QED) is 0.466. The maximum Gasteiger partial charge on any atom is 0.389 e. The van der Waals surface area contributed by atoms with Crippen molar-refractivity contribution >= 4 is 51.6 Å². The maximum absolute atomic E-state index is 12.0. The summed E-state index contributed by atoms with van der Waals surface area (Å²) in [6, 6.07) is 2.43. The Morgan fingerprint density at radius 3 is 2.10 bits per heavy atom. The van der Waals surface area contributed by atoms with Gasteiger partial charge in [-0.2, -0.15) is 13.2 Å². The average molecular weight is 460 g/mol. The predicted octanol–water partition coefficient (Wildman–Crippen LogP) is 4.86. The highest BCUT2D eigenvalue weighted by molar-refractivity contribution is 9.11. The zero-order valence-corrected chi connectivity index (χ0v) is 14.4. The van der Waals surface area contributed by atoms with E-state index in [1.165, 1.54) is 12.1 Å². The van der Waals surface area contributed by atoms with Crippen molar-refractivity contribution in [2.75, 3.05) is 6.61 Å². The summed E-state index contributed by atoms with van der Waals surface area (Å²) < 4.78 is 64.0. The van der Waals surface area contributed by atoms with Gasteiger partial charge in [0, 0.05) is 17.1 Å². The molecule has 3 nitrogen and oxygen atoms in total. The van der Waals surface area contributed by atoms with Crippen LogP contribution in [0.25, 0.3) is 0 Å². The predicted molar refractivity (Wildman–Crippen MR) is 75.7 cm³/mol. The van der Waals surface area contributed by atoms with Crippen LogP contribution in [0.15, 0.2) is 26.0 Å². The van der Waals surface area contributed by atoms with Gasteiger partial charge in [0.05, 0.1) is 20.4 Å². The summed E-state index contributed by atoms with van der Waals surface area (Å²) in [5.41, 5.74) is 0. The fraction of sp³-hybridized carbons (Fsp3) is 0.400. The van der Waals surface area contributed by atoms with E-state index >= 15 is 0 Å². The van der Waals surface area contributed by atoms with Crippen molar-refractivity contribution in [2.24, 2.45) is 0 Å². The second-order valence-corrected chi connectivity index (χ2v) is 8.00. The van der Waals surface area contributed by atoms with Gasteiger partial charge in [0.25, 0.3) is 9.05 Å². The fourth-order valence-electron chi connectivity index (χ4n) is 1.26. The first kappa shape index (κ1) is 18.1. The summed E-state index contributed by atoms with van der Waals surface area (Å²) in [7, 11) is 1.30. The average Bonchev–Trinajstić information content (AvgIpc) is 2.23. The Labute approximate surface area is 135 Å². The maximum atomic E-state index is 12.0. The summed E-state index contributed by atoms with van der Waals surface area (Å²) >= 11 is 6.16. The second kappa shape index (κ2) is 6.85. The van der Waals surface area contributed by atoms with Gasteiger partial charge in [0.1, 0.15) is 5.75 Å². The Bertz CT molecular complexity index is 567. The van der Waals surface area contributed by atoms with Crippen LogP contribution in [-0.2, 0) is 9.05 Å². The molecule has 114 valence electrons. The van der Waals surface area contributed by atoms with Crippen molar-refractivity contribution in [3.05, 3.63) is 21.1 Å². The van der Waals surface area contributed by atoms with E-state index in [1.54, 1.807) is 0 Å². The molecule has 0 amide bonds. The number of alkyl halides is 3. The minimum atomic E-state index is -4.23. The summed E-state index contributed by atoms with van der Waals surface area (Å²) in [5.74, 6) is 0.219. The van der Waals surface area contributed by atoms with Crippen LogP contribution in [0, 0.1) is 0 Å². The molecule has 0 aliphatic heterocycles. The van der Waals surface area contributed by atoms with Crippen molar-refractivity contribution < 1.29 is 26.3 Å². The summed E-state index contributed by atoms with van der Waals surface area (Å²) in [6.45, 7) is -0.149. The van der Waals surface area contributed by atoms with E-state index < -0.39 is 21.6 Å². The van der Waals surface area contributed by atoms with Crippen LogP contribution < -0.4 is 4.74 Å². The third kappa shape index (κ3) is 5.79. The molecule has 0 heterocycles. The number of ether oxygens (including phenoxy) is 1. The van der Waals surface area contributed by atoms with Crippen molar-refractivity contribution in [1.29, 1.82) is 0 Å². The molecule has 0 N–H and O–H groups in total. The molecule has 0 aliphatic carbocycles. The van der Waals surface area contributed by atoms with Gasteiger partial charge in [0.15, 0.2) is 0 Å². The van der Waals surface area contributed by atoms with Gasteiger partial charge < -0.3 is 4.74 Å². The molecule has 0 aliphatic rings. The van der Waals surface area contributed by atoms with Gasteiger partial charge in [-0.3, -0.25) is 0 Å². The summed E-state index contributed by atoms with van der Waals surface area (Å²) in [4.78, 5) is -0.152. The molecule has 0 unspecified atom stereocenters. The number of benzene rings is 1. The van der Waals surface area contributed by atoms with E-state index in [0.717, 1.165) is 0 Å². The first-order valence-corrected chi connectivity index (χ1v) is 9.03. The molecule has 0 spiro atoms. The molecule has 0 atom stereocenters. The summed E-state index contributed by atoms with van der Waals surface area (Å²) in [5, 5.41) is 0. The molecular formula is C10H8Br2ClF3O3S. The van der Waals surface area contributed by atoms with Gasteiger partial charge in [-0.25, -0.2) is 8.42 Å². The van der Waals surface area contributed by atoms with Crippen LogP contribution in [0.1, 0.15) is 12.8 Å². The topological polar surface area (TPSA) is 43.4 Å². The summed E-state index contributed by atoms with van der Waals surface area (Å²) in [6.07, 6.45) is -5.37. The third-order valence-electron chi connectivity index (χ3n) is 2.10. The minimum absolute atomic E-state index is 0.149. The van der Waals surface area contributed by atoms with Crippen LogP contribution >= 0.6 is 42.5 Å². The minimum Gasteiger partial charge on any atom is -0.491 e. The Hall–Kier alpha value is 0.01000. The molecule has 1 rings (SSSR count). The SMILES string of the molecule is O=S(=O)(Cl)c1cc(Br)c(OCCCC(F)(F)F)c(Br)c1. The van der Waals surface area contributed by atoms with Crippen LogP contribution in [-0.4, -0.2) is 21.2 Å². The molecule has 1 aromatic rings. The molecule has 0 bridgehead atoms. The molecule has 0 fully saturated rings. The zero-order valence-electron chi connectivity index (χ0n) is 9.68. The highest BCUT2D eigenvalue weighted by atomic mass is 79.9. The standard InChI is InChI=1S/C10H8Br2ClF3O3S/c11-7-4-6(20(13,17)18)5-8(12)9(7)19-3-1-2-10(14,15)16/h4-5H,1-3H2. The molecular weight excluding hydrogens is 452 g/mol. The first-order chi connectivity index (χ1) is 9.00. The Morgan fingerprint density at radius 2 is 1.70 bits per heavy atom. The van der Waals surface area contributed by atoms with Gasteiger partial charge in [-0.15, -0.1) is 0 Å². The van der Waals surface area contributed by atoms with Crippen LogP contribution in [0.5, 0.6) is 5.75 Å². The van der Waals surface area contributed by atoms with Crippen LogP contribution in [0.2, 0.25) is 0 Å². The van der Waals surface area contributed by atoms with Crippen molar-refractivity contribution in [2.45, 2.75) is 23.9 Å². The van der Waals surface area contributed by atoms with Crippen LogP contribution in [0.4, 0.5) is 13.2 Å². The largest absolute Gasteiger partial charge is 0.491 e. The van der Waals surface area contributed by atoms with Gasteiger partial charge >= 0.3 is 6.18 Å². The lowest BCUT2D eigenvalue weighted by Gasteiger charge is -2.12. The number of hydrogen-bond acceptors (Lipinski definition) is 3. The molecule has 0 aromatic heterocycles. The number of rotatable bonds is 5. The second-order valence-electron chi connectivity index (χ2n) is 3.72. The van der Waals surface area contributed by atoms with E-state index in [4.69, 9.17) is 15.4 Å². The Morgan fingerprint density at radius 1 is 1.20 bits per heavy atom. The highest BCUT2D eigenvalue weighted by Gasteiger charge is 2.26. The molecule has 20 heavy (non-hydrogen) atoms. The zero-order chi connectivity index (χ0) is 15.6. The van der Waals surface area contributed by atoms with Crippen LogP contribution in [0.3, 0.4) is 0 Å². The number of hydrogen-bond donors (Lipinski definition) is 0. The van der Waals surface area contributed by atoms with Gasteiger partial charge in [-0.1, -0.05) is 0 Å². The Balaban J connectivity index is 2.78. The fourth-order valence-corrected chi connectivity index (χ4v) is 3.77. The molecule has 0 saturated heterocycles. The number of halogens is 6. The lowest BCUT2D eigenvalue weighted by atomic mass is 10.3. The molecule has 0 saturated carbocycles. The Kier molecular flexibility index (Phi) is 6.18. The smallest absolute Gasteiger partial charge is 0.389 e. The highest BCUT2D eigenvalue weighted by Crippen LogP contribution is 2.37.